The Balaban J connectivity index is 0.000000406. The Hall–Kier alpha value is -2.61. The van der Waals surface area contributed by atoms with Crippen molar-refractivity contribution >= 4 is 18.2 Å². The average molecular weight is 310 g/mol. The minimum atomic E-state index is -1.00. The molecule has 1 unspecified atom stereocenters. The van der Waals surface area contributed by atoms with Gasteiger partial charge in [0.05, 0.1) is 0 Å². The molecule has 0 aliphatic carbocycles. The van der Waals surface area contributed by atoms with Gasteiger partial charge in [-0.1, -0.05) is 18.2 Å². The summed E-state index contributed by atoms with van der Waals surface area (Å²) in [5, 5.41) is 17.7. The molecule has 1 aromatic rings. The molecule has 22 heavy (non-hydrogen) atoms. The molecule has 8 heteroatoms. The number of carbonyl (C=O) groups excluding carboxylic acids is 1. The first-order valence-corrected chi connectivity index (χ1v) is 6.65. The van der Waals surface area contributed by atoms with Crippen molar-refractivity contribution in [2.45, 2.75) is 18.9 Å². The van der Waals surface area contributed by atoms with Crippen molar-refractivity contribution in [2.24, 2.45) is 11.5 Å². The molecule has 0 saturated carbocycles. The summed E-state index contributed by atoms with van der Waals surface area (Å²) in [7, 11) is 0. The van der Waals surface area contributed by atoms with Gasteiger partial charge < -0.3 is 26.6 Å². The highest BCUT2D eigenvalue weighted by molar-refractivity contribution is 5.74. The van der Waals surface area contributed by atoms with Gasteiger partial charge in [0.2, 0.25) is 0 Å². The number of aldehydes is 1. The zero-order chi connectivity index (χ0) is 16.8. The number of para-hydroxylation sites is 1. The number of carbonyl (C=O) groups is 2. The Morgan fingerprint density at radius 2 is 2.05 bits per heavy atom. The SMILES string of the molecule is N=C(N)NCCCC(N)C(=O)O.O=CCOc1ccccc1. The minimum Gasteiger partial charge on any atom is -0.486 e. The quantitative estimate of drug-likeness (QED) is 0.195. The van der Waals surface area contributed by atoms with Gasteiger partial charge in [0.1, 0.15) is 18.4 Å². The first-order valence-electron chi connectivity index (χ1n) is 6.65. The highest BCUT2D eigenvalue weighted by Gasteiger charge is 2.09. The summed E-state index contributed by atoms with van der Waals surface area (Å²) in [4.78, 5) is 20.1. The Morgan fingerprint density at radius 3 is 2.55 bits per heavy atom. The van der Waals surface area contributed by atoms with Crippen molar-refractivity contribution in [2.75, 3.05) is 13.2 Å². The van der Waals surface area contributed by atoms with E-state index in [1.165, 1.54) is 0 Å². The maximum Gasteiger partial charge on any atom is 0.320 e. The molecular formula is C14H22N4O4. The molecule has 122 valence electrons. The number of carboxylic acid groups (broad SMARTS) is 1. The van der Waals surface area contributed by atoms with Crippen LogP contribution in [-0.4, -0.2) is 42.5 Å². The van der Waals surface area contributed by atoms with Crippen molar-refractivity contribution < 1.29 is 19.4 Å². The molecule has 0 aliphatic rings. The van der Waals surface area contributed by atoms with E-state index in [1.54, 1.807) is 0 Å². The Morgan fingerprint density at radius 1 is 1.41 bits per heavy atom. The topological polar surface area (TPSA) is 152 Å². The van der Waals surface area contributed by atoms with Crippen LogP contribution in [0.25, 0.3) is 0 Å². The lowest BCUT2D eigenvalue weighted by molar-refractivity contribution is -0.138. The molecule has 0 aliphatic heterocycles. The fourth-order valence-electron chi connectivity index (χ4n) is 1.32. The maximum atomic E-state index is 10.2. The second-order valence-corrected chi connectivity index (χ2v) is 4.22. The lowest BCUT2D eigenvalue weighted by atomic mass is 10.2. The van der Waals surface area contributed by atoms with Gasteiger partial charge in [-0.3, -0.25) is 15.0 Å². The summed E-state index contributed by atoms with van der Waals surface area (Å²) in [6, 6.07) is 8.42. The predicted molar refractivity (Wildman–Crippen MR) is 82.8 cm³/mol. The van der Waals surface area contributed by atoms with E-state index < -0.39 is 12.0 Å². The summed E-state index contributed by atoms with van der Waals surface area (Å²) in [5.74, 6) is -0.383. The fourth-order valence-corrected chi connectivity index (χ4v) is 1.32. The van der Waals surface area contributed by atoms with Crippen molar-refractivity contribution in [3.8, 4) is 5.75 Å². The standard InChI is InChI=1S/C8H8O2.C6H14N4O2/c9-6-7-10-8-4-2-1-3-5-8;7-4(5(11)12)2-1-3-10-6(8)9/h1-6H,7H2;4H,1-3,7H2,(H,11,12)(H4,8,9,10). The van der Waals surface area contributed by atoms with Crippen molar-refractivity contribution in [1.29, 1.82) is 5.41 Å². The van der Waals surface area contributed by atoms with Gasteiger partial charge in [0.15, 0.2) is 12.2 Å². The van der Waals surface area contributed by atoms with Crippen LogP contribution in [0.15, 0.2) is 30.3 Å². The number of nitrogens with two attached hydrogens (primary N) is 2. The van der Waals surface area contributed by atoms with Crippen LogP contribution in [0.1, 0.15) is 12.8 Å². The van der Waals surface area contributed by atoms with E-state index in [-0.39, 0.29) is 12.6 Å². The van der Waals surface area contributed by atoms with Gasteiger partial charge in [0.25, 0.3) is 0 Å². The molecule has 1 aromatic carbocycles. The van der Waals surface area contributed by atoms with E-state index >= 15 is 0 Å². The van der Waals surface area contributed by atoms with Crippen LogP contribution in [0.4, 0.5) is 0 Å². The lowest BCUT2D eigenvalue weighted by Crippen LogP contribution is -2.34. The van der Waals surface area contributed by atoms with Crippen LogP contribution >= 0.6 is 0 Å². The third-order valence-corrected chi connectivity index (χ3v) is 2.39. The molecule has 0 amide bonds. The van der Waals surface area contributed by atoms with Gasteiger partial charge >= 0.3 is 5.97 Å². The summed E-state index contributed by atoms with van der Waals surface area (Å²) >= 11 is 0. The van der Waals surface area contributed by atoms with Crippen molar-refractivity contribution in [3.05, 3.63) is 30.3 Å². The van der Waals surface area contributed by atoms with Gasteiger partial charge in [-0.15, -0.1) is 0 Å². The summed E-state index contributed by atoms with van der Waals surface area (Å²) in [5.41, 5.74) is 10.2. The third-order valence-electron chi connectivity index (χ3n) is 2.39. The molecule has 8 nitrogen and oxygen atoms in total. The van der Waals surface area contributed by atoms with Crippen LogP contribution in [0.5, 0.6) is 5.75 Å². The first-order chi connectivity index (χ1) is 10.5. The van der Waals surface area contributed by atoms with E-state index in [2.05, 4.69) is 5.32 Å². The molecule has 7 N–H and O–H groups in total. The van der Waals surface area contributed by atoms with Crippen LogP contribution in [0.2, 0.25) is 0 Å². The molecule has 0 aromatic heterocycles. The largest absolute Gasteiger partial charge is 0.486 e. The van der Waals surface area contributed by atoms with E-state index in [1.807, 2.05) is 30.3 Å². The lowest BCUT2D eigenvalue weighted by Gasteiger charge is -2.06. The molecule has 0 saturated heterocycles. The Kier molecular flexibility index (Phi) is 10.7. The van der Waals surface area contributed by atoms with Gasteiger partial charge in [0, 0.05) is 6.54 Å². The molecule has 0 fully saturated rings. The Labute approximate surface area is 129 Å². The van der Waals surface area contributed by atoms with Gasteiger partial charge in [-0.05, 0) is 25.0 Å². The van der Waals surface area contributed by atoms with Crippen molar-refractivity contribution in [1.82, 2.24) is 5.32 Å². The summed E-state index contributed by atoms with van der Waals surface area (Å²) in [6.45, 7) is 0.611. The van der Waals surface area contributed by atoms with E-state index in [0.717, 1.165) is 12.0 Å². The molecular weight excluding hydrogens is 288 g/mol. The molecule has 1 rings (SSSR count). The highest BCUT2D eigenvalue weighted by atomic mass is 16.5. The number of aliphatic carboxylic acids is 1. The van der Waals surface area contributed by atoms with E-state index in [9.17, 15) is 9.59 Å². The normalized spacial score (nSPS) is 10.6. The number of carboxylic acids is 1. The second-order valence-electron chi connectivity index (χ2n) is 4.22. The van der Waals surface area contributed by atoms with E-state index in [0.29, 0.717) is 19.4 Å². The zero-order valence-corrected chi connectivity index (χ0v) is 12.2. The monoisotopic (exact) mass is 310 g/mol. The number of ether oxygens (including phenoxy) is 1. The zero-order valence-electron chi connectivity index (χ0n) is 12.2. The van der Waals surface area contributed by atoms with Crippen LogP contribution < -0.4 is 21.5 Å². The molecule has 0 bridgehead atoms. The molecule has 0 spiro atoms. The number of guanidine groups is 1. The van der Waals surface area contributed by atoms with Crippen molar-refractivity contribution in [3.63, 3.8) is 0 Å². The Bertz CT molecular complexity index is 453. The smallest absolute Gasteiger partial charge is 0.320 e. The number of hydrogen-bond acceptors (Lipinski definition) is 5. The average Bonchev–Trinajstić information content (AvgIpc) is 2.50. The number of hydrogen-bond donors (Lipinski definition) is 5. The molecule has 0 heterocycles. The van der Waals surface area contributed by atoms with Crippen LogP contribution in [-0.2, 0) is 9.59 Å². The summed E-state index contributed by atoms with van der Waals surface area (Å²) < 4.78 is 4.99. The van der Waals surface area contributed by atoms with Crippen LogP contribution in [0.3, 0.4) is 0 Å². The summed E-state index contributed by atoms with van der Waals surface area (Å²) in [6.07, 6.45) is 1.70. The maximum absolute atomic E-state index is 10.2. The van der Waals surface area contributed by atoms with E-state index in [4.69, 9.17) is 26.7 Å². The molecule has 1 atom stereocenters. The number of rotatable bonds is 8. The van der Waals surface area contributed by atoms with Crippen LogP contribution in [0, 0.1) is 5.41 Å². The highest BCUT2D eigenvalue weighted by Crippen LogP contribution is 2.06. The van der Waals surface area contributed by atoms with Gasteiger partial charge in [-0.2, -0.15) is 0 Å². The predicted octanol–water partition coefficient (Wildman–Crippen LogP) is -0.0741. The third kappa shape index (κ3) is 11.2. The fraction of sp³-hybridized carbons (Fsp3) is 0.357. The second kappa shape index (κ2) is 12.2. The first kappa shape index (κ1) is 19.4. The minimum absolute atomic E-state index is 0.112. The van der Waals surface area contributed by atoms with Gasteiger partial charge in [-0.25, -0.2) is 0 Å². The molecule has 0 radical (unpaired) electrons. The number of nitrogens with one attached hydrogen (secondary N) is 2. The number of benzene rings is 1.